The lowest BCUT2D eigenvalue weighted by atomic mass is 9.77. The molecule has 0 aromatic carbocycles. The summed E-state index contributed by atoms with van der Waals surface area (Å²) in [6.45, 7) is 6.62. The summed E-state index contributed by atoms with van der Waals surface area (Å²) < 4.78 is 1.83. The molecule has 0 saturated carbocycles. The molecule has 1 atom stereocenters. The van der Waals surface area contributed by atoms with Crippen LogP contribution in [-0.4, -0.2) is 54.5 Å². The van der Waals surface area contributed by atoms with Crippen LogP contribution in [0.4, 0.5) is 5.82 Å². The summed E-state index contributed by atoms with van der Waals surface area (Å²) >= 11 is 0. The van der Waals surface area contributed by atoms with E-state index in [1.165, 1.54) is 24.1 Å². The Kier molecular flexibility index (Phi) is 5.16. The van der Waals surface area contributed by atoms with Gasteiger partial charge in [-0.3, -0.25) is 14.6 Å². The van der Waals surface area contributed by atoms with Crippen molar-refractivity contribution < 1.29 is 0 Å². The zero-order valence-electron chi connectivity index (χ0n) is 17.5. The van der Waals surface area contributed by atoms with E-state index in [1.807, 2.05) is 30.1 Å². The molecule has 1 fully saturated rings. The summed E-state index contributed by atoms with van der Waals surface area (Å²) in [5.74, 6) is 1.84. The molecule has 0 bridgehead atoms. The Hall–Kier alpha value is -2.87. The van der Waals surface area contributed by atoms with Gasteiger partial charge >= 0.3 is 0 Å². The Balaban J connectivity index is 1.34. The molecule has 1 N–H and O–H groups in total. The van der Waals surface area contributed by atoms with Crippen LogP contribution < -0.4 is 5.32 Å². The van der Waals surface area contributed by atoms with Crippen molar-refractivity contribution in [3.05, 3.63) is 59.6 Å². The van der Waals surface area contributed by atoms with Crippen molar-refractivity contribution in [3.63, 3.8) is 0 Å². The van der Waals surface area contributed by atoms with Gasteiger partial charge in [-0.25, -0.2) is 9.97 Å². The van der Waals surface area contributed by atoms with Gasteiger partial charge in [0.1, 0.15) is 11.6 Å². The average molecular weight is 405 g/mol. The van der Waals surface area contributed by atoms with Crippen molar-refractivity contribution >= 4 is 5.82 Å². The second-order valence-corrected chi connectivity index (χ2v) is 8.46. The van der Waals surface area contributed by atoms with E-state index in [1.54, 1.807) is 6.20 Å². The third kappa shape index (κ3) is 3.79. The van der Waals surface area contributed by atoms with Gasteiger partial charge in [-0.15, -0.1) is 5.10 Å². The van der Waals surface area contributed by atoms with E-state index in [2.05, 4.69) is 37.6 Å². The van der Waals surface area contributed by atoms with Gasteiger partial charge in [-0.1, -0.05) is 11.3 Å². The first kappa shape index (κ1) is 19.1. The SMILES string of the molecule is Cc1nc(NCCn2ccnn2)c2c(n1)C1(CCCN(Cc3ccccn3)C1)CC2. The molecule has 1 unspecified atom stereocenters. The molecule has 1 saturated heterocycles. The molecule has 8 nitrogen and oxygen atoms in total. The first-order chi connectivity index (χ1) is 14.7. The molecule has 1 spiro atoms. The summed E-state index contributed by atoms with van der Waals surface area (Å²) in [7, 11) is 0. The number of aromatic nitrogens is 6. The van der Waals surface area contributed by atoms with Crippen LogP contribution in [0.1, 0.15) is 42.0 Å². The Morgan fingerprint density at radius 3 is 2.97 bits per heavy atom. The van der Waals surface area contributed by atoms with E-state index in [9.17, 15) is 0 Å². The lowest BCUT2D eigenvalue weighted by molar-refractivity contribution is 0.135. The molecule has 8 heteroatoms. The molecule has 156 valence electrons. The quantitative estimate of drug-likeness (QED) is 0.675. The van der Waals surface area contributed by atoms with Crippen LogP contribution in [0.2, 0.25) is 0 Å². The molecule has 4 heterocycles. The zero-order chi connectivity index (χ0) is 20.4. The number of nitrogens with zero attached hydrogens (tertiary/aromatic N) is 7. The second-order valence-electron chi connectivity index (χ2n) is 8.46. The fourth-order valence-corrected chi connectivity index (χ4v) is 5.02. The van der Waals surface area contributed by atoms with E-state index in [0.29, 0.717) is 0 Å². The van der Waals surface area contributed by atoms with Gasteiger partial charge in [0.05, 0.1) is 24.1 Å². The molecule has 0 radical (unpaired) electrons. The van der Waals surface area contributed by atoms with E-state index in [4.69, 9.17) is 9.97 Å². The summed E-state index contributed by atoms with van der Waals surface area (Å²) in [5, 5.41) is 11.4. The number of hydrogen-bond acceptors (Lipinski definition) is 7. The van der Waals surface area contributed by atoms with Gasteiger partial charge in [0.25, 0.3) is 0 Å². The lowest BCUT2D eigenvalue weighted by Crippen LogP contribution is -2.45. The monoisotopic (exact) mass is 404 g/mol. The Morgan fingerprint density at radius 2 is 2.13 bits per heavy atom. The fraction of sp³-hybridized carbons (Fsp3) is 0.500. The molecule has 3 aromatic rings. The van der Waals surface area contributed by atoms with Gasteiger partial charge in [0, 0.05) is 43.0 Å². The first-order valence-corrected chi connectivity index (χ1v) is 10.8. The number of nitrogens with one attached hydrogen (secondary N) is 1. The molecule has 3 aromatic heterocycles. The number of piperidine rings is 1. The van der Waals surface area contributed by atoms with Crippen LogP contribution >= 0.6 is 0 Å². The van der Waals surface area contributed by atoms with E-state index in [-0.39, 0.29) is 5.41 Å². The van der Waals surface area contributed by atoms with Gasteiger partial charge in [0.2, 0.25) is 0 Å². The topological polar surface area (TPSA) is 84.7 Å². The smallest absolute Gasteiger partial charge is 0.133 e. The number of hydrogen-bond donors (Lipinski definition) is 1. The van der Waals surface area contributed by atoms with Crippen molar-refractivity contribution in [2.24, 2.45) is 0 Å². The molecular formula is C22H28N8. The number of fused-ring (bicyclic) bond motifs is 2. The highest BCUT2D eigenvalue weighted by atomic mass is 15.4. The van der Waals surface area contributed by atoms with Gasteiger partial charge < -0.3 is 5.32 Å². The minimum atomic E-state index is 0.137. The van der Waals surface area contributed by atoms with Gasteiger partial charge in [0.15, 0.2) is 0 Å². The van der Waals surface area contributed by atoms with Gasteiger partial charge in [-0.2, -0.15) is 0 Å². The number of anilines is 1. The van der Waals surface area contributed by atoms with Crippen LogP contribution in [0, 0.1) is 6.92 Å². The molecule has 30 heavy (non-hydrogen) atoms. The maximum Gasteiger partial charge on any atom is 0.133 e. The summed E-state index contributed by atoms with van der Waals surface area (Å²) in [4.78, 5) is 16.8. The van der Waals surface area contributed by atoms with Crippen LogP contribution in [-0.2, 0) is 24.9 Å². The molecule has 1 aliphatic carbocycles. The summed E-state index contributed by atoms with van der Waals surface area (Å²) in [6.07, 6.45) is 10.1. The second kappa shape index (κ2) is 8.10. The van der Waals surface area contributed by atoms with E-state index >= 15 is 0 Å². The van der Waals surface area contributed by atoms with Crippen molar-refractivity contribution in [1.29, 1.82) is 0 Å². The zero-order valence-corrected chi connectivity index (χ0v) is 17.5. The van der Waals surface area contributed by atoms with Gasteiger partial charge in [-0.05, 0) is 51.3 Å². The molecule has 5 rings (SSSR count). The highest BCUT2D eigenvalue weighted by Crippen LogP contribution is 2.46. The predicted molar refractivity (Wildman–Crippen MR) is 114 cm³/mol. The van der Waals surface area contributed by atoms with Crippen LogP contribution in [0.25, 0.3) is 0 Å². The van der Waals surface area contributed by atoms with Crippen LogP contribution in [0.15, 0.2) is 36.8 Å². The molecule has 2 aliphatic rings. The number of aryl methyl sites for hydroxylation is 1. The van der Waals surface area contributed by atoms with Crippen molar-refractivity contribution in [1.82, 2.24) is 34.8 Å². The normalized spacial score (nSPS) is 21.1. The third-order valence-electron chi connectivity index (χ3n) is 6.35. The highest BCUT2D eigenvalue weighted by molar-refractivity contribution is 5.52. The largest absolute Gasteiger partial charge is 0.368 e. The average Bonchev–Trinajstić information content (AvgIpc) is 3.38. The molecule has 1 aliphatic heterocycles. The molecule has 0 amide bonds. The summed E-state index contributed by atoms with van der Waals surface area (Å²) in [5.41, 5.74) is 3.85. The van der Waals surface area contributed by atoms with E-state index < -0.39 is 0 Å². The first-order valence-electron chi connectivity index (χ1n) is 10.8. The standard InChI is InChI=1S/C22H28N8/c1-17-26-20-19(21(27-17)24-10-13-30-14-11-25-28-30)6-8-22(20)7-4-12-29(16-22)15-18-5-2-3-9-23-18/h2-3,5,9,11,14H,4,6-8,10,12-13,15-16H2,1H3,(H,24,26,27). The van der Waals surface area contributed by atoms with Crippen LogP contribution in [0.5, 0.6) is 0 Å². The number of likely N-dealkylation sites (tertiary alicyclic amines) is 1. The third-order valence-corrected chi connectivity index (χ3v) is 6.35. The Morgan fingerprint density at radius 1 is 1.17 bits per heavy atom. The van der Waals surface area contributed by atoms with E-state index in [0.717, 1.165) is 62.9 Å². The molecular weight excluding hydrogens is 376 g/mol. The van der Waals surface area contributed by atoms with Crippen molar-refractivity contribution in [2.45, 2.75) is 51.1 Å². The van der Waals surface area contributed by atoms with Crippen molar-refractivity contribution in [2.75, 3.05) is 25.0 Å². The van der Waals surface area contributed by atoms with Crippen LogP contribution in [0.3, 0.4) is 0 Å². The predicted octanol–water partition coefficient (Wildman–Crippen LogP) is 2.36. The number of rotatable bonds is 6. The maximum atomic E-state index is 4.97. The highest BCUT2D eigenvalue weighted by Gasteiger charge is 2.44. The number of pyridine rings is 1. The maximum absolute atomic E-state index is 4.97. The fourth-order valence-electron chi connectivity index (χ4n) is 5.02. The Labute approximate surface area is 176 Å². The van der Waals surface area contributed by atoms with Crippen molar-refractivity contribution in [3.8, 4) is 0 Å². The Bertz CT molecular complexity index is 988. The summed E-state index contributed by atoms with van der Waals surface area (Å²) in [6, 6.07) is 6.17. The lowest BCUT2D eigenvalue weighted by Gasteiger charge is -2.40. The minimum Gasteiger partial charge on any atom is -0.368 e. The minimum absolute atomic E-state index is 0.137.